The lowest BCUT2D eigenvalue weighted by molar-refractivity contribution is 0.336. The predicted molar refractivity (Wildman–Crippen MR) is 99.7 cm³/mol. The highest BCUT2D eigenvalue weighted by Gasteiger charge is 2.29. The van der Waals surface area contributed by atoms with Crippen molar-refractivity contribution in [2.45, 2.75) is 24.4 Å². The molecule has 3 aromatic rings. The normalized spacial score (nSPS) is 13.6. The van der Waals surface area contributed by atoms with Gasteiger partial charge in [-0.25, -0.2) is 0 Å². The SMILES string of the molecule is CC(c1ccccc1)N(Cc1ccccc1)[S+]([O-])c1ccccc1. The van der Waals surface area contributed by atoms with Gasteiger partial charge in [0.25, 0.3) is 0 Å². The summed E-state index contributed by atoms with van der Waals surface area (Å²) in [6.07, 6.45) is 0. The molecule has 0 heterocycles. The number of benzene rings is 3. The van der Waals surface area contributed by atoms with E-state index in [1.54, 1.807) is 0 Å². The van der Waals surface area contributed by atoms with Crippen LogP contribution in [0.4, 0.5) is 0 Å². The van der Waals surface area contributed by atoms with Gasteiger partial charge in [0.05, 0.1) is 23.9 Å². The molecule has 0 aliphatic rings. The molecule has 0 fully saturated rings. The molecule has 3 rings (SSSR count). The molecule has 0 amide bonds. The van der Waals surface area contributed by atoms with E-state index in [0.717, 1.165) is 16.0 Å². The van der Waals surface area contributed by atoms with Crippen LogP contribution in [0.1, 0.15) is 24.1 Å². The van der Waals surface area contributed by atoms with Gasteiger partial charge < -0.3 is 4.55 Å². The van der Waals surface area contributed by atoms with Gasteiger partial charge in [0, 0.05) is 0 Å². The zero-order valence-electron chi connectivity index (χ0n) is 13.7. The van der Waals surface area contributed by atoms with Gasteiger partial charge in [-0.3, -0.25) is 0 Å². The van der Waals surface area contributed by atoms with Crippen LogP contribution in [0.3, 0.4) is 0 Å². The molecule has 2 atom stereocenters. The van der Waals surface area contributed by atoms with Crippen LogP contribution in [0, 0.1) is 0 Å². The first-order valence-electron chi connectivity index (χ1n) is 8.08. The van der Waals surface area contributed by atoms with E-state index in [2.05, 4.69) is 31.2 Å². The van der Waals surface area contributed by atoms with E-state index in [0.29, 0.717) is 6.54 Å². The van der Waals surface area contributed by atoms with Gasteiger partial charge in [0.1, 0.15) is 0 Å². The molecular weight excluding hydrogens is 314 g/mol. The van der Waals surface area contributed by atoms with Crippen molar-refractivity contribution >= 4 is 11.4 Å². The lowest BCUT2D eigenvalue weighted by Gasteiger charge is -2.29. The van der Waals surface area contributed by atoms with Crippen molar-refractivity contribution in [1.82, 2.24) is 4.31 Å². The molecule has 3 heteroatoms. The van der Waals surface area contributed by atoms with Gasteiger partial charge in [-0.15, -0.1) is 4.31 Å². The van der Waals surface area contributed by atoms with Crippen LogP contribution in [0.2, 0.25) is 0 Å². The Morgan fingerprint density at radius 3 is 1.88 bits per heavy atom. The second-order valence-corrected chi connectivity index (χ2v) is 7.15. The Bertz CT molecular complexity index is 688. The average Bonchev–Trinajstić information content (AvgIpc) is 2.67. The molecule has 122 valence electrons. The topological polar surface area (TPSA) is 26.3 Å². The number of nitrogens with zero attached hydrogens (tertiary/aromatic N) is 1. The first-order valence-corrected chi connectivity index (χ1v) is 9.19. The van der Waals surface area contributed by atoms with Crippen molar-refractivity contribution in [3.63, 3.8) is 0 Å². The minimum atomic E-state index is -1.22. The van der Waals surface area contributed by atoms with E-state index in [9.17, 15) is 4.55 Å². The molecule has 24 heavy (non-hydrogen) atoms. The van der Waals surface area contributed by atoms with Crippen LogP contribution in [0.25, 0.3) is 0 Å². The Morgan fingerprint density at radius 1 is 0.792 bits per heavy atom. The zero-order valence-corrected chi connectivity index (χ0v) is 14.5. The van der Waals surface area contributed by atoms with E-state index in [4.69, 9.17) is 0 Å². The molecule has 0 aliphatic carbocycles. The molecule has 0 aromatic heterocycles. The Hall–Kier alpha value is -2.07. The van der Waals surface area contributed by atoms with Crippen LogP contribution >= 0.6 is 0 Å². The molecule has 2 unspecified atom stereocenters. The largest absolute Gasteiger partial charge is 0.593 e. The molecule has 0 bridgehead atoms. The molecule has 0 aliphatic heterocycles. The van der Waals surface area contributed by atoms with E-state index < -0.39 is 11.4 Å². The lowest BCUT2D eigenvalue weighted by Crippen LogP contribution is -2.33. The molecule has 0 saturated carbocycles. The molecule has 0 radical (unpaired) electrons. The third-order valence-corrected chi connectivity index (χ3v) is 5.60. The minimum absolute atomic E-state index is 0.0486. The van der Waals surface area contributed by atoms with Crippen LogP contribution in [0.5, 0.6) is 0 Å². The standard InChI is InChI=1S/C21H21NOS/c1-18(20-13-7-3-8-14-20)22(17-19-11-5-2-6-12-19)24(23)21-15-9-4-10-16-21/h2-16,18H,17H2,1H3. The smallest absolute Gasteiger partial charge is 0.174 e. The maximum absolute atomic E-state index is 13.2. The van der Waals surface area contributed by atoms with Crippen molar-refractivity contribution in [3.8, 4) is 0 Å². The fourth-order valence-corrected chi connectivity index (χ4v) is 4.01. The molecular formula is C21H21NOS. The monoisotopic (exact) mass is 335 g/mol. The minimum Gasteiger partial charge on any atom is -0.593 e. The highest BCUT2D eigenvalue weighted by Crippen LogP contribution is 2.29. The third-order valence-electron chi connectivity index (χ3n) is 4.05. The molecule has 3 aromatic carbocycles. The van der Waals surface area contributed by atoms with Crippen molar-refractivity contribution in [3.05, 3.63) is 102 Å². The third kappa shape index (κ3) is 4.06. The fourth-order valence-electron chi connectivity index (χ4n) is 2.67. The summed E-state index contributed by atoms with van der Waals surface area (Å²) in [5, 5.41) is 0. The molecule has 0 spiro atoms. The Labute approximate surface area is 147 Å². The summed E-state index contributed by atoms with van der Waals surface area (Å²) in [6, 6.07) is 30.1. The van der Waals surface area contributed by atoms with Gasteiger partial charge in [0.2, 0.25) is 0 Å². The average molecular weight is 335 g/mol. The fraction of sp³-hybridized carbons (Fsp3) is 0.143. The van der Waals surface area contributed by atoms with Crippen molar-refractivity contribution in [2.75, 3.05) is 0 Å². The van der Waals surface area contributed by atoms with Gasteiger partial charge in [-0.2, -0.15) is 0 Å². The summed E-state index contributed by atoms with van der Waals surface area (Å²) in [5.41, 5.74) is 2.32. The first kappa shape index (κ1) is 16.8. The number of rotatable bonds is 6. The highest BCUT2D eigenvalue weighted by molar-refractivity contribution is 7.89. The van der Waals surface area contributed by atoms with Crippen LogP contribution in [0.15, 0.2) is 95.9 Å². The van der Waals surface area contributed by atoms with Crippen LogP contribution < -0.4 is 0 Å². The van der Waals surface area contributed by atoms with E-state index in [1.807, 2.05) is 71.0 Å². The maximum Gasteiger partial charge on any atom is 0.174 e. The van der Waals surface area contributed by atoms with E-state index >= 15 is 0 Å². The van der Waals surface area contributed by atoms with Gasteiger partial charge >= 0.3 is 0 Å². The quantitative estimate of drug-likeness (QED) is 0.594. The van der Waals surface area contributed by atoms with Gasteiger partial charge in [-0.05, 0) is 30.2 Å². The number of hydrogen-bond acceptors (Lipinski definition) is 2. The second kappa shape index (κ2) is 8.15. The second-order valence-electron chi connectivity index (χ2n) is 5.71. The number of hydrogen-bond donors (Lipinski definition) is 0. The predicted octanol–water partition coefficient (Wildman–Crippen LogP) is 4.97. The molecule has 2 nitrogen and oxygen atoms in total. The first-order chi connectivity index (χ1) is 11.8. The summed E-state index contributed by atoms with van der Waals surface area (Å²) >= 11 is -1.22. The van der Waals surface area contributed by atoms with E-state index in [1.165, 1.54) is 0 Å². The van der Waals surface area contributed by atoms with Gasteiger partial charge in [-0.1, -0.05) is 78.9 Å². The summed E-state index contributed by atoms with van der Waals surface area (Å²) in [4.78, 5) is 0.830. The molecule has 0 saturated heterocycles. The van der Waals surface area contributed by atoms with Crippen molar-refractivity contribution < 1.29 is 4.55 Å². The zero-order chi connectivity index (χ0) is 16.8. The highest BCUT2D eigenvalue weighted by atomic mass is 32.2. The molecule has 0 N–H and O–H groups in total. The summed E-state index contributed by atoms with van der Waals surface area (Å²) in [6.45, 7) is 2.75. The summed E-state index contributed by atoms with van der Waals surface area (Å²) in [7, 11) is 0. The lowest BCUT2D eigenvalue weighted by atomic mass is 10.1. The summed E-state index contributed by atoms with van der Waals surface area (Å²) < 4.78 is 15.2. The van der Waals surface area contributed by atoms with Crippen molar-refractivity contribution in [2.24, 2.45) is 0 Å². The Morgan fingerprint density at radius 2 is 1.29 bits per heavy atom. The van der Waals surface area contributed by atoms with Crippen LogP contribution in [-0.4, -0.2) is 8.86 Å². The Kier molecular flexibility index (Phi) is 5.70. The van der Waals surface area contributed by atoms with E-state index in [-0.39, 0.29) is 6.04 Å². The maximum atomic E-state index is 13.2. The Balaban J connectivity index is 1.91. The van der Waals surface area contributed by atoms with Gasteiger partial charge in [0.15, 0.2) is 4.90 Å². The van der Waals surface area contributed by atoms with Crippen molar-refractivity contribution in [1.29, 1.82) is 0 Å². The summed E-state index contributed by atoms with van der Waals surface area (Å²) in [5.74, 6) is 0. The van der Waals surface area contributed by atoms with Crippen LogP contribution in [-0.2, 0) is 17.9 Å².